The molecule has 1 N–H and O–H groups in total. The van der Waals surface area contributed by atoms with Gasteiger partial charge in [0.1, 0.15) is 0 Å². The molecule has 2 heterocycles. The van der Waals surface area contributed by atoms with Crippen molar-refractivity contribution in [3.8, 4) is 0 Å². The molecule has 1 saturated heterocycles. The molecule has 0 radical (unpaired) electrons. The van der Waals surface area contributed by atoms with Gasteiger partial charge in [0.25, 0.3) is 5.56 Å². The van der Waals surface area contributed by atoms with E-state index in [0.717, 1.165) is 15.3 Å². The topological polar surface area (TPSA) is 93.4 Å². The quantitative estimate of drug-likeness (QED) is 0.710. The zero-order chi connectivity index (χ0) is 15.8. The molecular formula is C12H20N4O4S. The Balaban J connectivity index is 2.57. The van der Waals surface area contributed by atoms with Gasteiger partial charge in [-0.3, -0.25) is 9.36 Å². The predicted octanol–water partition coefficient (Wildman–Crippen LogP) is -1.54. The zero-order valence-electron chi connectivity index (χ0n) is 12.4. The van der Waals surface area contributed by atoms with Crippen molar-refractivity contribution in [1.29, 1.82) is 0 Å². The Labute approximate surface area is 123 Å². The van der Waals surface area contributed by atoms with Gasteiger partial charge in [0.2, 0.25) is 10.0 Å². The fourth-order valence-electron chi connectivity index (χ4n) is 2.27. The van der Waals surface area contributed by atoms with Crippen LogP contribution in [0.15, 0.2) is 20.7 Å². The summed E-state index contributed by atoms with van der Waals surface area (Å²) in [6.07, 6.45) is 1.76. The third-order valence-electron chi connectivity index (χ3n) is 3.61. The molecule has 0 atom stereocenters. The third kappa shape index (κ3) is 2.68. The number of hydrogen-bond acceptors (Lipinski definition) is 5. The maximum absolute atomic E-state index is 12.8. The SMILES string of the molecule is CCCN(C1CNC1)S(=O)(=O)c1cn(C)c(=O)n(C)c1=O. The molecule has 1 fully saturated rings. The van der Waals surface area contributed by atoms with Gasteiger partial charge in [0.05, 0.1) is 6.04 Å². The smallest absolute Gasteiger partial charge is 0.313 e. The fraction of sp³-hybridized carbons (Fsp3) is 0.667. The van der Waals surface area contributed by atoms with Crippen LogP contribution in [0.1, 0.15) is 13.3 Å². The number of sulfonamides is 1. The number of nitrogens with zero attached hydrogens (tertiary/aromatic N) is 3. The van der Waals surface area contributed by atoms with Gasteiger partial charge in [0.15, 0.2) is 4.90 Å². The highest BCUT2D eigenvalue weighted by Gasteiger charge is 2.36. The van der Waals surface area contributed by atoms with Crippen LogP contribution in [0.2, 0.25) is 0 Å². The molecule has 0 amide bonds. The van der Waals surface area contributed by atoms with Gasteiger partial charge in [-0.15, -0.1) is 0 Å². The number of hydrogen-bond donors (Lipinski definition) is 1. The minimum atomic E-state index is -3.92. The van der Waals surface area contributed by atoms with E-state index < -0.39 is 21.3 Å². The average molecular weight is 316 g/mol. The van der Waals surface area contributed by atoms with Crippen molar-refractivity contribution in [3.05, 3.63) is 27.0 Å². The van der Waals surface area contributed by atoms with Crippen molar-refractivity contribution < 1.29 is 8.42 Å². The van der Waals surface area contributed by atoms with E-state index in [1.807, 2.05) is 6.92 Å². The highest BCUT2D eigenvalue weighted by atomic mass is 32.2. The predicted molar refractivity (Wildman–Crippen MR) is 77.8 cm³/mol. The van der Waals surface area contributed by atoms with Gasteiger partial charge in [-0.25, -0.2) is 13.2 Å². The summed E-state index contributed by atoms with van der Waals surface area (Å²) in [6.45, 7) is 3.38. The maximum Gasteiger partial charge on any atom is 0.330 e. The van der Waals surface area contributed by atoms with Crippen molar-refractivity contribution in [2.75, 3.05) is 19.6 Å². The zero-order valence-corrected chi connectivity index (χ0v) is 13.2. The first kappa shape index (κ1) is 15.9. The molecule has 0 saturated carbocycles. The minimum absolute atomic E-state index is 0.142. The number of rotatable bonds is 5. The lowest BCUT2D eigenvalue weighted by Gasteiger charge is -2.36. The van der Waals surface area contributed by atoms with Crippen molar-refractivity contribution in [3.63, 3.8) is 0 Å². The molecule has 9 heteroatoms. The number of aryl methyl sites for hydroxylation is 1. The molecule has 8 nitrogen and oxygen atoms in total. The maximum atomic E-state index is 12.8. The van der Waals surface area contributed by atoms with Gasteiger partial charge in [0, 0.05) is 39.9 Å². The molecule has 1 aliphatic heterocycles. The van der Waals surface area contributed by atoms with Crippen molar-refractivity contribution >= 4 is 10.0 Å². The van der Waals surface area contributed by atoms with E-state index in [1.54, 1.807) is 0 Å². The van der Waals surface area contributed by atoms with Crippen LogP contribution in [0.25, 0.3) is 0 Å². The summed E-state index contributed by atoms with van der Waals surface area (Å²) in [5, 5.41) is 3.03. The Morgan fingerprint density at radius 1 is 1.33 bits per heavy atom. The lowest BCUT2D eigenvalue weighted by atomic mass is 10.2. The Hall–Kier alpha value is -1.45. The van der Waals surface area contributed by atoms with Gasteiger partial charge in [-0.1, -0.05) is 6.92 Å². The molecule has 0 spiro atoms. The van der Waals surface area contributed by atoms with E-state index >= 15 is 0 Å². The van der Waals surface area contributed by atoms with E-state index in [0.29, 0.717) is 26.1 Å². The minimum Gasteiger partial charge on any atom is -0.313 e. The first-order chi connectivity index (χ1) is 9.80. The second kappa shape index (κ2) is 5.74. The highest BCUT2D eigenvalue weighted by Crippen LogP contribution is 2.17. The summed E-state index contributed by atoms with van der Waals surface area (Å²) in [5.41, 5.74) is -1.34. The molecule has 0 aliphatic carbocycles. The normalized spacial score (nSPS) is 16.2. The monoisotopic (exact) mass is 316 g/mol. The van der Waals surface area contributed by atoms with Crippen LogP contribution in [-0.4, -0.2) is 47.5 Å². The van der Waals surface area contributed by atoms with Crippen LogP contribution in [0.4, 0.5) is 0 Å². The van der Waals surface area contributed by atoms with Gasteiger partial charge < -0.3 is 9.88 Å². The summed E-state index contributed by atoms with van der Waals surface area (Å²) in [6, 6.07) is -0.142. The molecule has 0 aromatic carbocycles. The van der Waals surface area contributed by atoms with Crippen LogP contribution >= 0.6 is 0 Å². The lowest BCUT2D eigenvalue weighted by molar-refractivity contribution is 0.241. The van der Waals surface area contributed by atoms with Crippen molar-refractivity contribution in [1.82, 2.24) is 18.8 Å². The molecule has 1 aromatic heterocycles. The van der Waals surface area contributed by atoms with Crippen molar-refractivity contribution in [2.45, 2.75) is 24.3 Å². The first-order valence-electron chi connectivity index (χ1n) is 6.80. The summed E-state index contributed by atoms with van der Waals surface area (Å²) >= 11 is 0. The largest absolute Gasteiger partial charge is 0.330 e. The molecule has 21 heavy (non-hydrogen) atoms. The summed E-state index contributed by atoms with van der Waals surface area (Å²) < 4.78 is 28.8. The van der Waals surface area contributed by atoms with Crippen LogP contribution in [-0.2, 0) is 24.1 Å². The van der Waals surface area contributed by atoms with Crippen LogP contribution in [0, 0.1) is 0 Å². The molecule has 2 rings (SSSR count). The van der Waals surface area contributed by atoms with E-state index in [1.165, 1.54) is 18.4 Å². The number of aromatic nitrogens is 2. The molecule has 1 aliphatic rings. The Kier molecular flexibility index (Phi) is 4.35. The molecule has 1 aromatic rings. The standard InChI is InChI=1S/C12H20N4O4S/c1-4-5-16(9-6-13-7-9)21(19,20)10-8-14(2)12(18)15(3)11(10)17/h8-9,13H,4-7H2,1-3H3. The third-order valence-corrected chi connectivity index (χ3v) is 5.55. The first-order valence-corrected chi connectivity index (χ1v) is 8.24. The molecule has 118 valence electrons. The van der Waals surface area contributed by atoms with Crippen LogP contribution in [0.5, 0.6) is 0 Å². The van der Waals surface area contributed by atoms with Crippen molar-refractivity contribution in [2.24, 2.45) is 14.1 Å². The van der Waals surface area contributed by atoms with E-state index in [9.17, 15) is 18.0 Å². The molecular weight excluding hydrogens is 296 g/mol. The van der Waals surface area contributed by atoms with E-state index in [2.05, 4.69) is 5.32 Å². The summed E-state index contributed by atoms with van der Waals surface area (Å²) in [7, 11) is -1.21. The van der Waals surface area contributed by atoms with Gasteiger partial charge in [-0.05, 0) is 6.42 Å². The Morgan fingerprint density at radius 2 is 1.95 bits per heavy atom. The number of nitrogens with one attached hydrogen (secondary N) is 1. The average Bonchev–Trinajstić information content (AvgIpc) is 2.37. The van der Waals surface area contributed by atoms with Gasteiger partial charge in [-0.2, -0.15) is 4.31 Å². The highest BCUT2D eigenvalue weighted by molar-refractivity contribution is 7.89. The Bertz CT molecular complexity index is 746. The second-order valence-corrected chi connectivity index (χ2v) is 7.04. The van der Waals surface area contributed by atoms with Crippen LogP contribution < -0.4 is 16.6 Å². The second-order valence-electron chi connectivity index (χ2n) is 5.18. The van der Waals surface area contributed by atoms with E-state index in [4.69, 9.17) is 0 Å². The molecule has 0 bridgehead atoms. The van der Waals surface area contributed by atoms with Gasteiger partial charge >= 0.3 is 5.69 Å². The van der Waals surface area contributed by atoms with E-state index in [-0.39, 0.29) is 10.9 Å². The van der Waals surface area contributed by atoms with Crippen LogP contribution in [0.3, 0.4) is 0 Å². The summed E-state index contributed by atoms with van der Waals surface area (Å²) in [4.78, 5) is 23.5. The molecule has 0 unspecified atom stereocenters. The fourth-order valence-corrected chi connectivity index (χ4v) is 4.14. The lowest BCUT2D eigenvalue weighted by Crippen LogP contribution is -2.59. The Morgan fingerprint density at radius 3 is 2.43 bits per heavy atom. The summed E-state index contributed by atoms with van der Waals surface area (Å²) in [5.74, 6) is 0.